The van der Waals surface area contributed by atoms with E-state index in [1.165, 1.54) is 5.56 Å². The van der Waals surface area contributed by atoms with E-state index in [1.807, 2.05) is 42.5 Å². The minimum absolute atomic E-state index is 0.108. The van der Waals surface area contributed by atoms with E-state index in [1.54, 1.807) is 73.3 Å². The lowest BCUT2D eigenvalue weighted by Gasteiger charge is -2.02. The first-order valence-electron chi connectivity index (χ1n) is 17.0. The summed E-state index contributed by atoms with van der Waals surface area (Å²) >= 11 is 26.9. The molecule has 0 saturated heterocycles. The number of hydrogen-bond donors (Lipinski definition) is 0. The molecule has 0 N–H and O–H groups in total. The third-order valence-corrected chi connectivity index (χ3v) is 11.6. The first kappa shape index (κ1) is 46.2. The number of nitrogens with zero attached hydrogens (tertiary/aromatic N) is 4. The van der Waals surface area contributed by atoms with E-state index in [0.29, 0.717) is 11.1 Å². The Morgan fingerprint density at radius 3 is 1.10 bits per heavy atom. The Hall–Kier alpha value is -2.82. The van der Waals surface area contributed by atoms with Crippen LogP contribution in [0, 0.1) is 6.92 Å². The second-order valence-corrected chi connectivity index (χ2v) is 19.5. The number of carbonyl (C=O) groups excluding carboxylic acids is 2. The number of aromatic nitrogens is 4. The zero-order chi connectivity index (χ0) is 41.8. The topological polar surface area (TPSA) is 85.7 Å². The van der Waals surface area contributed by atoms with E-state index in [2.05, 4.69) is 179 Å². The number of aryl methyl sites for hydroxylation is 1. The first-order chi connectivity index (χ1) is 27.7. The van der Waals surface area contributed by atoms with Crippen LogP contribution in [0.4, 0.5) is 0 Å². The molecule has 292 valence electrons. The lowest BCUT2D eigenvalue weighted by atomic mass is 10.0. The molecule has 4 heterocycles. The van der Waals surface area contributed by atoms with Crippen molar-refractivity contribution in [2.75, 3.05) is 0 Å². The van der Waals surface area contributed by atoms with Gasteiger partial charge in [-0.3, -0.25) is 29.5 Å². The Balaban J connectivity index is 0.000000151. The summed E-state index contributed by atoms with van der Waals surface area (Å²) in [6, 6.07) is 36.1. The van der Waals surface area contributed by atoms with Crippen molar-refractivity contribution < 1.29 is 9.59 Å². The van der Waals surface area contributed by atoms with Gasteiger partial charge in [-0.15, -0.1) is 0 Å². The standard InChI is InChI=1S/C15H10Br2O2.C12H6Br2N2.C10H6Br2N2.C7H6Br2/c16-12-5-1-10(2-6-12)14(18)9-15(19)11-3-7-13(17)8-4-11;13-9-3-7-1-2-8-4-10(14)6-16-12(8)11(7)15-5-9;11-7-1-3-9(13-5-7)10-4-2-8(12)6-14-10;1-5-2-6(8)4-7(9)3-5/h1-8H,9H2;1-6H;1-6H;2-4H,1H3. The quantitative estimate of drug-likeness (QED) is 0.0970. The molecule has 58 heavy (non-hydrogen) atoms. The van der Waals surface area contributed by atoms with Gasteiger partial charge >= 0.3 is 0 Å². The maximum atomic E-state index is 12.0. The van der Waals surface area contributed by atoms with Gasteiger partial charge in [-0.2, -0.15) is 0 Å². The average Bonchev–Trinajstić information content (AvgIpc) is 3.19. The molecule has 0 aliphatic heterocycles. The Bertz CT molecular complexity index is 2450. The molecule has 0 spiro atoms. The van der Waals surface area contributed by atoms with Gasteiger partial charge < -0.3 is 0 Å². The molecule has 4 aromatic carbocycles. The Morgan fingerprint density at radius 1 is 0.397 bits per heavy atom. The van der Waals surface area contributed by atoms with E-state index in [-0.39, 0.29) is 18.0 Å². The van der Waals surface area contributed by atoms with Crippen molar-refractivity contribution >= 4 is 161 Å². The molecule has 8 rings (SSSR count). The minimum Gasteiger partial charge on any atom is -0.294 e. The fraction of sp³-hybridized carbons (Fsp3) is 0.0455. The molecular formula is C44H28Br8N4O2. The largest absolute Gasteiger partial charge is 0.294 e. The van der Waals surface area contributed by atoms with Gasteiger partial charge in [0.25, 0.3) is 0 Å². The summed E-state index contributed by atoms with van der Waals surface area (Å²) in [7, 11) is 0. The zero-order valence-corrected chi connectivity index (χ0v) is 42.8. The summed E-state index contributed by atoms with van der Waals surface area (Å²) < 4.78 is 7.96. The summed E-state index contributed by atoms with van der Waals surface area (Å²) in [5.41, 5.74) is 5.99. The highest BCUT2D eigenvalue weighted by molar-refractivity contribution is 9.11. The van der Waals surface area contributed by atoms with Gasteiger partial charge in [0.15, 0.2) is 11.6 Å². The van der Waals surface area contributed by atoms with E-state index in [0.717, 1.165) is 69.0 Å². The third-order valence-electron chi connectivity index (χ3n) is 7.81. The smallest absolute Gasteiger partial charge is 0.170 e. The van der Waals surface area contributed by atoms with Crippen LogP contribution in [0.15, 0.2) is 176 Å². The highest BCUT2D eigenvalue weighted by Gasteiger charge is 2.13. The number of Topliss-reactive ketones (excluding diaryl/α,β-unsaturated/α-hetero) is 2. The molecule has 0 atom stereocenters. The molecule has 8 aromatic rings. The van der Waals surface area contributed by atoms with E-state index in [9.17, 15) is 9.59 Å². The molecule has 0 amide bonds. The third kappa shape index (κ3) is 14.4. The number of benzene rings is 4. The molecule has 0 saturated carbocycles. The van der Waals surface area contributed by atoms with Crippen LogP contribution < -0.4 is 0 Å². The molecule has 0 aliphatic rings. The molecule has 14 heteroatoms. The molecule has 4 aromatic heterocycles. The molecule has 0 aliphatic carbocycles. The number of halogens is 8. The lowest BCUT2D eigenvalue weighted by molar-refractivity contribution is 0.0894. The van der Waals surface area contributed by atoms with E-state index >= 15 is 0 Å². The highest BCUT2D eigenvalue weighted by atomic mass is 79.9. The van der Waals surface area contributed by atoms with Gasteiger partial charge in [-0.25, -0.2) is 0 Å². The summed E-state index contributed by atoms with van der Waals surface area (Å²) in [5.74, 6) is -0.333. The van der Waals surface area contributed by atoms with Crippen LogP contribution in [0.3, 0.4) is 0 Å². The summed E-state index contributed by atoms with van der Waals surface area (Å²) in [4.78, 5) is 41.3. The minimum atomic E-state index is -0.166. The van der Waals surface area contributed by atoms with Crippen molar-refractivity contribution in [2.45, 2.75) is 13.3 Å². The van der Waals surface area contributed by atoms with Crippen LogP contribution in [0.2, 0.25) is 0 Å². The predicted molar refractivity (Wildman–Crippen MR) is 263 cm³/mol. The van der Waals surface area contributed by atoms with Crippen LogP contribution in [0.1, 0.15) is 32.7 Å². The van der Waals surface area contributed by atoms with Gasteiger partial charge in [0.05, 0.1) is 28.8 Å². The first-order valence-corrected chi connectivity index (χ1v) is 23.3. The van der Waals surface area contributed by atoms with Gasteiger partial charge in [0.2, 0.25) is 0 Å². The van der Waals surface area contributed by atoms with E-state index in [4.69, 9.17) is 0 Å². The summed E-state index contributed by atoms with van der Waals surface area (Å²) in [6.45, 7) is 2.06. The second kappa shape index (κ2) is 22.7. The van der Waals surface area contributed by atoms with Crippen molar-refractivity contribution in [3.05, 3.63) is 193 Å². The zero-order valence-electron chi connectivity index (χ0n) is 30.1. The van der Waals surface area contributed by atoms with Crippen molar-refractivity contribution in [1.82, 2.24) is 19.9 Å². The van der Waals surface area contributed by atoms with Gasteiger partial charge in [-0.05, 0) is 155 Å². The normalized spacial score (nSPS) is 10.4. The maximum Gasteiger partial charge on any atom is 0.170 e. The van der Waals surface area contributed by atoms with Crippen LogP contribution in [-0.2, 0) is 0 Å². The van der Waals surface area contributed by atoms with Gasteiger partial charge in [0.1, 0.15) is 0 Å². The molecule has 0 unspecified atom stereocenters. The molecule has 0 fully saturated rings. The monoisotopic (exact) mass is 1280 g/mol. The predicted octanol–water partition coefficient (Wildman–Crippen LogP) is 16.2. The summed E-state index contributed by atoms with van der Waals surface area (Å²) in [5, 5.41) is 2.19. The fourth-order valence-electron chi connectivity index (χ4n) is 5.11. The SMILES string of the molecule is Brc1ccc(-c2ccc(Br)cn2)nc1.Brc1cnc2c(ccc3cc(Br)cnc32)c1.Cc1cc(Br)cc(Br)c1.O=C(CC(=O)c1ccc(Br)cc1)c1ccc(Br)cc1. The van der Waals surface area contributed by atoms with Crippen molar-refractivity contribution in [1.29, 1.82) is 0 Å². The maximum absolute atomic E-state index is 12.0. The van der Waals surface area contributed by atoms with Crippen LogP contribution in [0.5, 0.6) is 0 Å². The van der Waals surface area contributed by atoms with Crippen LogP contribution in [0.25, 0.3) is 33.2 Å². The van der Waals surface area contributed by atoms with Crippen molar-refractivity contribution in [3.8, 4) is 11.4 Å². The van der Waals surface area contributed by atoms with Crippen molar-refractivity contribution in [3.63, 3.8) is 0 Å². The highest BCUT2D eigenvalue weighted by Crippen LogP contribution is 2.26. The Morgan fingerprint density at radius 2 is 0.759 bits per heavy atom. The lowest BCUT2D eigenvalue weighted by Crippen LogP contribution is -2.08. The average molecular weight is 1280 g/mol. The van der Waals surface area contributed by atoms with Crippen LogP contribution in [-0.4, -0.2) is 31.5 Å². The number of hydrogen-bond acceptors (Lipinski definition) is 6. The number of ketones is 2. The van der Waals surface area contributed by atoms with Crippen molar-refractivity contribution in [2.24, 2.45) is 0 Å². The molecule has 0 bridgehead atoms. The molecule has 6 nitrogen and oxygen atoms in total. The molecular weight excluding hydrogens is 1260 g/mol. The van der Waals surface area contributed by atoms with Crippen LogP contribution >= 0.6 is 127 Å². The fourth-order valence-corrected chi connectivity index (χ4v) is 8.33. The number of rotatable bonds is 5. The molecule has 0 radical (unpaired) electrons. The number of pyridine rings is 4. The Labute approximate surface area is 403 Å². The second-order valence-electron chi connectivity index (χ2n) is 12.2. The Kier molecular flexibility index (Phi) is 18.1. The van der Waals surface area contributed by atoms with Gasteiger partial charge in [-0.1, -0.05) is 100 Å². The van der Waals surface area contributed by atoms with Gasteiger partial charge in [0, 0.05) is 82.5 Å². The summed E-state index contributed by atoms with van der Waals surface area (Å²) in [6.07, 6.45) is 7.01. The van der Waals surface area contributed by atoms with E-state index < -0.39 is 0 Å². The number of fused-ring (bicyclic) bond motifs is 3. The number of carbonyl (C=O) groups is 2.